The number of rotatable bonds is 9. The molecule has 0 aromatic rings. The average molecular weight is 959 g/mol. The van der Waals surface area contributed by atoms with Crippen LogP contribution in [0.25, 0.3) is 0 Å². The second-order valence-corrected chi connectivity index (χ2v) is 7.92. The minimum atomic E-state index is -1.58. The summed E-state index contributed by atoms with van der Waals surface area (Å²) in [6.07, 6.45) is 0. The van der Waals surface area contributed by atoms with Gasteiger partial charge in [-0.15, -0.1) is 0 Å². The van der Waals surface area contributed by atoms with Crippen LogP contribution >= 0.6 is 75.8 Å². The average Bonchev–Trinajstić information content (AvgIpc) is 2.64. The monoisotopic (exact) mass is 958 g/mol. The van der Waals surface area contributed by atoms with Crippen molar-refractivity contribution in [2.75, 3.05) is 0 Å². The van der Waals surface area contributed by atoms with Crippen molar-refractivity contribution in [1.82, 2.24) is 0 Å². The molecule has 0 rings (SSSR count). The van der Waals surface area contributed by atoms with Gasteiger partial charge in [0.05, 0.1) is 67.3 Å². The fourth-order valence-corrected chi connectivity index (χ4v) is 1.50. The maximum Gasteiger partial charge on any atom is 3.00 e. The second kappa shape index (κ2) is 22.2. The van der Waals surface area contributed by atoms with Crippen molar-refractivity contribution in [3.63, 3.8) is 0 Å². The Kier molecular flexibility index (Phi) is 29.7. The zero-order chi connectivity index (χ0) is 24.9. The quantitative estimate of drug-likeness (QED) is 0.0934. The summed E-state index contributed by atoms with van der Waals surface area (Å²) in [6, 6.07) is 0. The second-order valence-electron chi connectivity index (χ2n) is 4.58. The van der Waals surface area contributed by atoms with Crippen LogP contribution in [0.5, 0.6) is 0 Å². The fraction of sp³-hybridized carbons (Fsp3) is 0.500. The predicted molar refractivity (Wildman–Crippen MR) is 118 cm³/mol. The van der Waals surface area contributed by atoms with Crippen LogP contribution in [-0.4, -0.2) is 120 Å². The number of carboxylic acids is 6. The van der Waals surface area contributed by atoms with E-state index in [9.17, 15) is 59.4 Å². The fourth-order valence-electron chi connectivity index (χ4n) is 0.773. The van der Waals surface area contributed by atoms with Crippen molar-refractivity contribution in [3.05, 3.63) is 0 Å². The maximum atomic E-state index is 9.92. The molecule has 0 aliphatic carbocycles. The van der Waals surface area contributed by atoms with Gasteiger partial charge in [0.1, 0.15) is 0 Å². The molecular formula is C12H12Bi2O12S6. The maximum absolute atomic E-state index is 9.92. The SMILES string of the molecule is O=C([O-])C(S)C(S)C(=O)[O-].O=C([O-])C(S)C(S)C(=O)[O-].O=C([O-])C(S)C(S)C(=O)[O-].[Bi+3].[Bi+3]. The number of thiol groups is 6. The van der Waals surface area contributed by atoms with Crippen molar-refractivity contribution < 1.29 is 59.4 Å². The van der Waals surface area contributed by atoms with Crippen molar-refractivity contribution in [2.24, 2.45) is 0 Å². The molecule has 0 spiro atoms. The van der Waals surface area contributed by atoms with E-state index in [1.807, 2.05) is 0 Å². The number of carboxylic acid groups (broad SMARTS) is 6. The molecule has 0 saturated heterocycles. The molecule has 0 aliphatic rings. The molecule has 0 aromatic heterocycles. The van der Waals surface area contributed by atoms with E-state index in [1.54, 1.807) is 0 Å². The van der Waals surface area contributed by atoms with Crippen LogP contribution < -0.4 is 30.6 Å². The Labute approximate surface area is 252 Å². The van der Waals surface area contributed by atoms with Gasteiger partial charge in [-0.2, -0.15) is 75.8 Å². The van der Waals surface area contributed by atoms with E-state index in [-0.39, 0.29) is 52.4 Å². The van der Waals surface area contributed by atoms with Gasteiger partial charge in [0.2, 0.25) is 0 Å². The number of hydrogen-bond acceptors (Lipinski definition) is 18. The number of carbonyl (C=O) groups is 6. The standard InChI is InChI=1S/3C4H6O4S2.2Bi/c3*5-3(6)1(9)2(10)4(7)8;;/h3*1-2,9-10H,(H,5,6)(H,7,8);;/q;;;2*+3/p-6. The number of aliphatic carboxylic acids is 6. The van der Waals surface area contributed by atoms with E-state index in [2.05, 4.69) is 75.8 Å². The Balaban J connectivity index is -0.000000110. The Hall–Kier alpha value is 0.686. The van der Waals surface area contributed by atoms with E-state index in [4.69, 9.17) is 0 Å². The van der Waals surface area contributed by atoms with Crippen LogP contribution in [0.1, 0.15) is 0 Å². The van der Waals surface area contributed by atoms with E-state index >= 15 is 0 Å². The Bertz CT molecular complexity index is 514. The van der Waals surface area contributed by atoms with Crippen molar-refractivity contribution in [2.45, 2.75) is 31.5 Å². The van der Waals surface area contributed by atoms with E-state index in [1.165, 1.54) is 0 Å². The Morgan fingerprint density at radius 3 is 0.438 bits per heavy atom. The van der Waals surface area contributed by atoms with Crippen LogP contribution in [0, 0.1) is 0 Å². The summed E-state index contributed by atoms with van der Waals surface area (Å²) in [7, 11) is 0. The number of carbonyl (C=O) groups excluding carboxylic acids is 6. The summed E-state index contributed by atoms with van der Waals surface area (Å²) in [5, 5.41) is 50.9. The van der Waals surface area contributed by atoms with Gasteiger partial charge in [0.25, 0.3) is 0 Å². The first-order valence-corrected chi connectivity index (χ1v) is 9.83. The van der Waals surface area contributed by atoms with Gasteiger partial charge in [0.15, 0.2) is 0 Å². The third kappa shape index (κ3) is 20.1. The van der Waals surface area contributed by atoms with E-state index < -0.39 is 67.3 Å². The van der Waals surface area contributed by atoms with Gasteiger partial charge in [-0.05, 0) is 0 Å². The third-order valence-corrected chi connectivity index (χ3v) is 6.11. The van der Waals surface area contributed by atoms with Crippen molar-refractivity contribution in [3.8, 4) is 0 Å². The minimum absolute atomic E-state index is 0. The molecule has 6 unspecified atom stereocenters. The summed E-state index contributed by atoms with van der Waals surface area (Å²) in [5.41, 5.74) is 0. The molecule has 20 heteroatoms. The third-order valence-electron chi connectivity index (χ3n) is 2.35. The van der Waals surface area contributed by atoms with Crippen LogP contribution in [0.3, 0.4) is 0 Å². The summed E-state index contributed by atoms with van der Waals surface area (Å²) >= 11 is 20.4. The van der Waals surface area contributed by atoms with Gasteiger partial charge in [-0.25, -0.2) is 0 Å². The molecule has 0 aromatic carbocycles. The summed E-state index contributed by atoms with van der Waals surface area (Å²) in [5.74, 6) is -9.46. The predicted octanol–water partition coefficient (Wildman–Crippen LogP) is -9.51. The molecule has 0 fully saturated rings. The van der Waals surface area contributed by atoms with Crippen molar-refractivity contribution >= 4 is 164 Å². The van der Waals surface area contributed by atoms with Gasteiger partial charge >= 0.3 is 52.4 Å². The first-order chi connectivity index (χ1) is 13.4. The molecule has 0 amide bonds. The van der Waals surface area contributed by atoms with Crippen molar-refractivity contribution in [1.29, 1.82) is 0 Å². The van der Waals surface area contributed by atoms with Gasteiger partial charge < -0.3 is 59.4 Å². The molecule has 32 heavy (non-hydrogen) atoms. The molecule has 0 aliphatic heterocycles. The molecule has 4 radical (unpaired) electrons. The topological polar surface area (TPSA) is 241 Å². The van der Waals surface area contributed by atoms with Gasteiger partial charge in [-0.3, -0.25) is 0 Å². The smallest absolute Gasteiger partial charge is 0.549 e. The minimum Gasteiger partial charge on any atom is -0.549 e. The van der Waals surface area contributed by atoms with Gasteiger partial charge in [0, 0.05) is 0 Å². The summed E-state index contributed by atoms with van der Waals surface area (Å²) < 4.78 is 0. The van der Waals surface area contributed by atoms with Crippen LogP contribution in [0.15, 0.2) is 0 Å². The first-order valence-electron chi connectivity index (χ1n) is 6.73. The van der Waals surface area contributed by atoms with E-state index in [0.717, 1.165) is 0 Å². The molecular weight excluding hydrogens is 946 g/mol. The molecule has 12 nitrogen and oxygen atoms in total. The van der Waals surface area contributed by atoms with Crippen LogP contribution in [-0.2, 0) is 28.8 Å². The number of hydrogen-bond donors (Lipinski definition) is 6. The summed E-state index contributed by atoms with van der Waals surface area (Å²) in [6.45, 7) is 0. The molecule has 0 N–H and O–H groups in total. The molecule has 0 heterocycles. The largest absolute Gasteiger partial charge is 3.00 e. The van der Waals surface area contributed by atoms with Crippen LogP contribution in [0.4, 0.5) is 0 Å². The van der Waals surface area contributed by atoms with Crippen LogP contribution in [0.2, 0.25) is 0 Å². The Morgan fingerprint density at radius 1 is 0.344 bits per heavy atom. The first kappa shape index (κ1) is 42.8. The zero-order valence-electron chi connectivity index (χ0n) is 14.9. The normalized spacial score (nSPS) is 14.8. The molecule has 178 valence electrons. The van der Waals surface area contributed by atoms with Gasteiger partial charge in [-0.1, -0.05) is 0 Å². The van der Waals surface area contributed by atoms with E-state index in [0.29, 0.717) is 0 Å². The molecule has 6 atom stereocenters. The molecule has 0 bridgehead atoms. The molecule has 0 saturated carbocycles. The Morgan fingerprint density at radius 2 is 0.406 bits per heavy atom. The summed E-state index contributed by atoms with van der Waals surface area (Å²) in [4.78, 5) is 59.5. The zero-order valence-corrected chi connectivity index (χ0v) is 27.3.